The second-order valence-corrected chi connectivity index (χ2v) is 13.2. The molecule has 2 aliphatic heterocycles. The van der Waals surface area contributed by atoms with Gasteiger partial charge in [0.25, 0.3) is 5.91 Å². The van der Waals surface area contributed by atoms with Gasteiger partial charge in [-0.1, -0.05) is 30.3 Å². The minimum Gasteiger partial charge on any atom is -0.480 e. The summed E-state index contributed by atoms with van der Waals surface area (Å²) in [6.45, 7) is 4.69. The highest BCUT2D eigenvalue weighted by Gasteiger charge is 2.31. The van der Waals surface area contributed by atoms with Crippen LogP contribution in [0.4, 0.5) is 0 Å². The Morgan fingerprint density at radius 1 is 0.951 bits per heavy atom. The van der Waals surface area contributed by atoms with E-state index in [2.05, 4.69) is 20.8 Å². The van der Waals surface area contributed by atoms with E-state index >= 15 is 0 Å². The van der Waals surface area contributed by atoms with E-state index in [4.69, 9.17) is 0 Å². The molecule has 1 aromatic carbocycles. The van der Waals surface area contributed by atoms with Crippen LogP contribution in [0, 0.1) is 17.8 Å². The average molecular weight is 594 g/mol. The van der Waals surface area contributed by atoms with Crippen molar-refractivity contribution in [1.29, 1.82) is 0 Å². The molecule has 0 aliphatic carbocycles. The number of rotatable bonds is 16. The molecule has 3 rings (SSSR count). The van der Waals surface area contributed by atoms with Gasteiger partial charge in [-0.2, -0.15) is 0 Å². The van der Waals surface area contributed by atoms with Crippen LogP contribution in [0.15, 0.2) is 30.3 Å². The number of nitrogens with one attached hydrogen (secondary N) is 4. The Balaban J connectivity index is 1.59. The van der Waals surface area contributed by atoms with Crippen LogP contribution in [-0.2, 0) is 30.8 Å². The molecule has 2 aliphatic rings. The Morgan fingerprint density at radius 3 is 2.00 bits per heavy atom. The normalized spacial score (nSPS) is 17.7. The van der Waals surface area contributed by atoms with Crippen LogP contribution in [0.25, 0.3) is 0 Å². The number of piperidine rings is 2. The molecule has 230 valence electrons. The fourth-order valence-electron chi connectivity index (χ4n) is 5.56. The number of hydrogen-bond donors (Lipinski definition) is 5. The summed E-state index contributed by atoms with van der Waals surface area (Å²) in [6, 6.07) is 7.55. The lowest BCUT2D eigenvalue weighted by atomic mass is 9.84. The summed E-state index contributed by atoms with van der Waals surface area (Å²) in [5, 5.41) is 19.6. The van der Waals surface area contributed by atoms with Gasteiger partial charge in [-0.25, -0.2) is 18.2 Å². The summed E-state index contributed by atoms with van der Waals surface area (Å²) in [4.78, 5) is 40.2. The van der Waals surface area contributed by atoms with Crippen LogP contribution < -0.4 is 20.8 Å². The second kappa shape index (κ2) is 16.8. The number of benzene rings is 1. The Kier molecular flexibility index (Phi) is 13.5. The zero-order valence-corrected chi connectivity index (χ0v) is 25.0. The van der Waals surface area contributed by atoms with Crippen molar-refractivity contribution in [2.45, 2.75) is 70.8 Å². The zero-order chi connectivity index (χ0) is 29.7. The molecule has 41 heavy (non-hydrogen) atoms. The lowest BCUT2D eigenvalue weighted by Crippen LogP contribution is -2.56. The van der Waals surface area contributed by atoms with Gasteiger partial charge in [-0.15, -0.1) is 4.83 Å². The van der Waals surface area contributed by atoms with Crippen LogP contribution >= 0.6 is 0 Å². The van der Waals surface area contributed by atoms with E-state index in [-0.39, 0.29) is 24.0 Å². The predicted octanol–water partition coefficient (Wildman–Crippen LogP) is 1.66. The molecule has 12 heteroatoms. The van der Waals surface area contributed by atoms with Crippen molar-refractivity contribution in [3.63, 3.8) is 0 Å². The fourth-order valence-corrected chi connectivity index (χ4v) is 6.72. The topological polar surface area (TPSA) is 157 Å². The smallest absolute Gasteiger partial charge is 0.327 e. The van der Waals surface area contributed by atoms with Gasteiger partial charge in [0.1, 0.15) is 6.04 Å². The molecule has 0 aromatic heterocycles. The highest BCUT2D eigenvalue weighted by molar-refractivity contribution is 7.89. The van der Waals surface area contributed by atoms with Gasteiger partial charge in [0.15, 0.2) is 0 Å². The second-order valence-electron chi connectivity index (χ2n) is 11.4. The third-order valence-electron chi connectivity index (χ3n) is 8.30. The van der Waals surface area contributed by atoms with Gasteiger partial charge < -0.3 is 21.1 Å². The molecular formula is C29H47N5O6S. The number of sulfonamides is 1. The SMILES string of the molecule is CC(C(=O)O)N(NS(=O)(=O)CCc1ccccc1)C(=O)CNC(=O)C(CCC1CCNCC1)CCC1CCNCC1. The largest absolute Gasteiger partial charge is 0.480 e. The summed E-state index contributed by atoms with van der Waals surface area (Å²) < 4.78 is 25.5. The van der Waals surface area contributed by atoms with Crippen molar-refractivity contribution < 1.29 is 27.9 Å². The molecule has 2 amide bonds. The number of aryl methyl sites for hydroxylation is 1. The number of carbonyl (C=O) groups is 3. The number of carbonyl (C=O) groups excluding carboxylic acids is 2. The molecule has 2 fully saturated rings. The van der Waals surface area contributed by atoms with Crippen molar-refractivity contribution in [2.75, 3.05) is 38.5 Å². The Hall–Kier alpha value is -2.54. The Bertz CT molecular complexity index is 1050. The van der Waals surface area contributed by atoms with Gasteiger partial charge in [0, 0.05) is 5.92 Å². The Morgan fingerprint density at radius 2 is 1.49 bits per heavy atom. The van der Waals surface area contributed by atoms with Gasteiger partial charge in [0.05, 0.1) is 12.3 Å². The highest BCUT2D eigenvalue weighted by Crippen LogP contribution is 2.27. The number of hydrazine groups is 1. The van der Waals surface area contributed by atoms with Crippen LogP contribution in [0.5, 0.6) is 0 Å². The first-order valence-corrected chi connectivity index (χ1v) is 16.6. The first-order valence-electron chi connectivity index (χ1n) is 14.9. The average Bonchev–Trinajstić information content (AvgIpc) is 2.98. The number of nitrogens with zero attached hydrogens (tertiary/aromatic N) is 1. The maximum atomic E-state index is 13.3. The zero-order valence-electron chi connectivity index (χ0n) is 24.1. The van der Waals surface area contributed by atoms with E-state index in [0.717, 1.165) is 83.1 Å². The molecule has 2 saturated heterocycles. The highest BCUT2D eigenvalue weighted by atomic mass is 32.2. The summed E-state index contributed by atoms with van der Waals surface area (Å²) in [6.07, 6.45) is 7.93. The van der Waals surface area contributed by atoms with Crippen molar-refractivity contribution in [1.82, 2.24) is 25.8 Å². The number of carboxylic acid groups (broad SMARTS) is 1. The number of aliphatic carboxylic acids is 1. The van der Waals surface area contributed by atoms with Crippen LogP contribution in [0.3, 0.4) is 0 Å². The van der Waals surface area contributed by atoms with Gasteiger partial charge in [0.2, 0.25) is 15.9 Å². The minimum atomic E-state index is -4.03. The summed E-state index contributed by atoms with van der Waals surface area (Å²) in [5.41, 5.74) is 0.800. The number of hydrogen-bond acceptors (Lipinski definition) is 7. The molecule has 0 saturated carbocycles. The lowest BCUT2D eigenvalue weighted by molar-refractivity contribution is -0.150. The van der Waals surface area contributed by atoms with Crippen molar-refractivity contribution in [3.8, 4) is 0 Å². The van der Waals surface area contributed by atoms with Crippen LogP contribution in [0.2, 0.25) is 0 Å². The quantitative estimate of drug-likeness (QED) is 0.181. The van der Waals surface area contributed by atoms with Crippen molar-refractivity contribution in [3.05, 3.63) is 35.9 Å². The molecule has 1 aromatic rings. The fraction of sp³-hybridized carbons (Fsp3) is 0.690. The summed E-state index contributed by atoms with van der Waals surface area (Å²) >= 11 is 0. The molecule has 2 heterocycles. The third-order valence-corrected chi connectivity index (χ3v) is 9.52. The van der Waals surface area contributed by atoms with E-state index in [0.29, 0.717) is 16.8 Å². The van der Waals surface area contributed by atoms with Gasteiger partial charge in [-0.3, -0.25) is 9.59 Å². The first kappa shape index (κ1) is 33.0. The standard InChI is InChI=1S/C29H47N5O6S/c1-22(29(37)38)34(33-41(39,40)20-15-23-5-3-2-4-6-23)27(35)21-32-28(36)26(9-7-24-11-16-30-17-12-24)10-8-25-13-18-31-19-14-25/h2-6,22,24-26,30-31,33H,7-21H2,1H3,(H,32,36)(H,37,38). The lowest BCUT2D eigenvalue weighted by Gasteiger charge is -2.28. The van der Waals surface area contributed by atoms with E-state index in [9.17, 15) is 27.9 Å². The molecule has 1 atom stereocenters. The molecule has 0 spiro atoms. The molecule has 0 bridgehead atoms. The summed E-state index contributed by atoms with van der Waals surface area (Å²) in [5.74, 6) is -1.86. The molecule has 5 N–H and O–H groups in total. The van der Waals surface area contributed by atoms with E-state index in [1.165, 1.54) is 6.92 Å². The minimum absolute atomic E-state index is 0.201. The van der Waals surface area contributed by atoms with Gasteiger partial charge in [-0.05, 0) is 108 Å². The monoisotopic (exact) mass is 593 g/mol. The first-order chi connectivity index (χ1) is 19.6. The molecule has 1 unspecified atom stereocenters. The molecule has 0 radical (unpaired) electrons. The van der Waals surface area contributed by atoms with E-state index < -0.39 is 34.5 Å². The number of amides is 2. The van der Waals surface area contributed by atoms with Crippen LogP contribution in [-0.4, -0.2) is 80.8 Å². The molecule has 11 nitrogen and oxygen atoms in total. The summed E-state index contributed by atoms with van der Waals surface area (Å²) in [7, 11) is -4.03. The van der Waals surface area contributed by atoms with Crippen LogP contribution in [0.1, 0.15) is 63.9 Å². The Labute approximate surface area is 244 Å². The maximum Gasteiger partial charge on any atom is 0.327 e. The van der Waals surface area contributed by atoms with E-state index in [1.807, 2.05) is 6.07 Å². The maximum absolute atomic E-state index is 13.3. The van der Waals surface area contributed by atoms with Gasteiger partial charge >= 0.3 is 5.97 Å². The predicted molar refractivity (Wildman–Crippen MR) is 157 cm³/mol. The number of carboxylic acids is 1. The van der Waals surface area contributed by atoms with Crippen molar-refractivity contribution >= 4 is 27.8 Å². The molecular weight excluding hydrogens is 546 g/mol. The van der Waals surface area contributed by atoms with E-state index in [1.54, 1.807) is 24.3 Å². The third kappa shape index (κ3) is 11.7. The van der Waals surface area contributed by atoms with Crippen molar-refractivity contribution in [2.24, 2.45) is 17.8 Å².